The van der Waals surface area contributed by atoms with Crippen molar-refractivity contribution in [3.8, 4) is 0 Å². The van der Waals surface area contributed by atoms with E-state index in [1.165, 1.54) is 0 Å². The van der Waals surface area contributed by atoms with E-state index < -0.39 is 0 Å². The number of aromatic nitrogens is 4. The molecule has 3 aromatic heterocycles. The summed E-state index contributed by atoms with van der Waals surface area (Å²) in [5.41, 5.74) is 2.03. The summed E-state index contributed by atoms with van der Waals surface area (Å²) >= 11 is 1.67. The van der Waals surface area contributed by atoms with Crippen LogP contribution in [0.4, 0.5) is 10.6 Å². The van der Waals surface area contributed by atoms with Crippen molar-refractivity contribution in [2.45, 2.75) is 32.7 Å². The first-order chi connectivity index (χ1) is 12.6. The second-order valence-electron chi connectivity index (χ2n) is 6.20. The van der Waals surface area contributed by atoms with Crippen LogP contribution in [0.25, 0.3) is 0 Å². The smallest absolute Gasteiger partial charge is 0.320 e. The maximum absolute atomic E-state index is 12.1. The van der Waals surface area contributed by atoms with Gasteiger partial charge in [0.05, 0.1) is 23.4 Å². The van der Waals surface area contributed by atoms with Crippen molar-refractivity contribution >= 4 is 23.2 Å². The topological polar surface area (TPSA) is 84.7 Å². The van der Waals surface area contributed by atoms with E-state index in [1.807, 2.05) is 12.1 Å². The largest absolute Gasteiger partial charge is 0.337 e. The van der Waals surface area contributed by atoms with Crippen molar-refractivity contribution < 1.29 is 4.79 Å². The number of rotatable bonds is 7. The Morgan fingerprint density at radius 2 is 2.19 bits per heavy atom. The van der Waals surface area contributed by atoms with Crippen LogP contribution in [0, 0.1) is 0 Å². The number of nitrogens with zero attached hydrogens (tertiary/aromatic N) is 4. The minimum absolute atomic E-state index is 0.253. The third-order valence-electron chi connectivity index (χ3n) is 3.74. The standard InChI is InChI=1S/C18H22N6OS/c1-13(2)17-22-15(12-26-17)5-8-20-18(25)23-16-6-9-21-24(16)11-14-4-3-7-19-10-14/h3-4,6-7,9-10,12-13H,5,8,11H2,1-2H3,(H2,20,23,25). The molecule has 0 aliphatic carbocycles. The van der Waals surface area contributed by atoms with Gasteiger partial charge in [0.2, 0.25) is 0 Å². The first kappa shape index (κ1) is 18.1. The molecule has 0 saturated carbocycles. The summed E-state index contributed by atoms with van der Waals surface area (Å²) < 4.78 is 1.73. The van der Waals surface area contributed by atoms with Crippen molar-refractivity contribution in [1.29, 1.82) is 0 Å². The van der Waals surface area contributed by atoms with Gasteiger partial charge in [-0.3, -0.25) is 10.3 Å². The van der Waals surface area contributed by atoms with Crippen LogP contribution >= 0.6 is 11.3 Å². The van der Waals surface area contributed by atoms with Crippen molar-refractivity contribution in [3.63, 3.8) is 0 Å². The normalized spacial score (nSPS) is 10.9. The van der Waals surface area contributed by atoms with Gasteiger partial charge in [0, 0.05) is 42.7 Å². The quantitative estimate of drug-likeness (QED) is 0.668. The summed E-state index contributed by atoms with van der Waals surface area (Å²) in [6, 6.07) is 5.36. The van der Waals surface area contributed by atoms with Gasteiger partial charge in [-0.15, -0.1) is 11.3 Å². The summed E-state index contributed by atoms with van der Waals surface area (Å²) in [6.45, 7) is 5.34. The number of urea groups is 1. The predicted molar refractivity (Wildman–Crippen MR) is 102 cm³/mol. The molecule has 0 fully saturated rings. The minimum Gasteiger partial charge on any atom is -0.337 e. The van der Waals surface area contributed by atoms with Crippen LogP contribution in [0.5, 0.6) is 0 Å². The number of nitrogens with one attached hydrogen (secondary N) is 2. The lowest BCUT2D eigenvalue weighted by molar-refractivity contribution is 0.252. The molecule has 26 heavy (non-hydrogen) atoms. The average Bonchev–Trinajstić information content (AvgIpc) is 3.26. The predicted octanol–water partition coefficient (Wildman–Crippen LogP) is 3.27. The first-order valence-corrected chi connectivity index (χ1v) is 9.39. The van der Waals surface area contributed by atoms with Gasteiger partial charge in [0.25, 0.3) is 0 Å². The summed E-state index contributed by atoms with van der Waals surface area (Å²) in [5.74, 6) is 1.08. The first-order valence-electron chi connectivity index (χ1n) is 8.51. The van der Waals surface area contributed by atoms with Gasteiger partial charge < -0.3 is 5.32 Å². The Bertz CT molecular complexity index is 842. The molecule has 3 rings (SSSR count). The number of thiazole rings is 1. The molecule has 136 valence electrons. The molecule has 3 aromatic rings. The molecule has 0 atom stereocenters. The van der Waals surface area contributed by atoms with Crippen LogP contribution < -0.4 is 10.6 Å². The number of amides is 2. The zero-order valence-electron chi connectivity index (χ0n) is 14.8. The van der Waals surface area contributed by atoms with Crippen LogP contribution in [0.1, 0.15) is 36.0 Å². The highest BCUT2D eigenvalue weighted by atomic mass is 32.1. The highest BCUT2D eigenvalue weighted by Gasteiger charge is 2.09. The molecule has 0 saturated heterocycles. The maximum Gasteiger partial charge on any atom is 0.320 e. The molecule has 0 aliphatic heterocycles. The van der Waals surface area contributed by atoms with Gasteiger partial charge in [-0.05, 0) is 11.6 Å². The van der Waals surface area contributed by atoms with Gasteiger partial charge in [-0.1, -0.05) is 19.9 Å². The van der Waals surface area contributed by atoms with E-state index in [9.17, 15) is 4.79 Å². The van der Waals surface area contributed by atoms with Crippen LogP contribution in [-0.4, -0.2) is 32.3 Å². The third-order valence-corrected chi connectivity index (χ3v) is 4.94. The number of hydrogen-bond acceptors (Lipinski definition) is 5. The Balaban J connectivity index is 1.48. The fourth-order valence-corrected chi connectivity index (χ4v) is 3.27. The number of anilines is 1. The van der Waals surface area contributed by atoms with Gasteiger partial charge in [-0.25, -0.2) is 14.5 Å². The summed E-state index contributed by atoms with van der Waals surface area (Å²) in [6.07, 6.45) is 5.89. The molecule has 0 aromatic carbocycles. The van der Waals surface area contributed by atoms with E-state index in [1.54, 1.807) is 40.7 Å². The van der Waals surface area contributed by atoms with Gasteiger partial charge in [0.15, 0.2) is 0 Å². The SMILES string of the molecule is CC(C)c1nc(CCNC(=O)Nc2ccnn2Cc2cccnc2)cs1. The van der Waals surface area contributed by atoms with E-state index in [4.69, 9.17) is 0 Å². The maximum atomic E-state index is 12.1. The molecule has 2 amide bonds. The Morgan fingerprint density at radius 3 is 2.92 bits per heavy atom. The highest BCUT2D eigenvalue weighted by Crippen LogP contribution is 2.19. The van der Waals surface area contributed by atoms with Crippen LogP contribution in [0.2, 0.25) is 0 Å². The molecule has 0 spiro atoms. The van der Waals surface area contributed by atoms with E-state index in [-0.39, 0.29) is 6.03 Å². The number of pyridine rings is 1. The van der Waals surface area contributed by atoms with E-state index in [2.05, 4.69) is 44.9 Å². The van der Waals surface area contributed by atoms with Crippen LogP contribution in [-0.2, 0) is 13.0 Å². The highest BCUT2D eigenvalue weighted by molar-refractivity contribution is 7.09. The van der Waals surface area contributed by atoms with Crippen molar-refractivity contribution in [2.75, 3.05) is 11.9 Å². The summed E-state index contributed by atoms with van der Waals surface area (Å²) in [7, 11) is 0. The minimum atomic E-state index is -0.253. The van der Waals surface area contributed by atoms with Crippen LogP contribution in [0.15, 0.2) is 42.2 Å². The molecule has 3 heterocycles. The van der Waals surface area contributed by atoms with Crippen LogP contribution in [0.3, 0.4) is 0 Å². The fraction of sp³-hybridized carbons (Fsp3) is 0.333. The van der Waals surface area contributed by atoms with Gasteiger partial charge in [0.1, 0.15) is 5.82 Å². The zero-order chi connectivity index (χ0) is 18.4. The van der Waals surface area contributed by atoms with Gasteiger partial charge >= 0.3 is 6.03 Å². The van der Waals surface area contributed by atoms with E-state index in [0.29, 0.717) is 31.2 Å². The Hall–Kier alpha value is -2.74. The second-order valence-corrected chi connectivity index (χ2v) is 7.09. The lowest BCUT2D eigenvalue weighted by Gasteiger charge is -2.10. The Morgan fingerprint density at radius 1 is 1.31 bits per heavy atom. The molecule has 0 radical (unpaired) electrons. The lowest BCUT2D eigenvalue weighted by Crippen LogP contribution is -2.31. The molecule has 7 nitrogen and oxygen atoms in total. The van der Waals surface area contributed by atoms with Crippen molar-refractivity contribution in [2.24, 2.45) is 0 Å². The van der Waals surface area contributed by atoms with Gasteiger partial charge in [-0.2, -0.15) is 5.10 Å². The van der Waals surface area contributed by atoms with Crippen molar-refractivity contribution in [3.05, 3.63) is 58.4 Å². The number of carbonyl (C=O) groups is 1. The lowest BCUT2D eigenvalue weighted by atomic mass is 10.2. The molecular formula is C18H22N6OS. The molecule has 0 unspecified atom stereocenters. The monoisotopic (exact) mass is 370 g/mol. The second kappa shape index (κ2) is 8.57. The Kier molecular flexibility index (Phi) is 5.96. The third kappa shape index (κ3) is 4.89. The number of carbonyl (C=O) groups excluding carboxylic acids is 1. The summed E-state index contributed by atoms with van der Waals surface area (Å²) in [5, 5.41) is 13.1. The summed E-state index contributed by atoms with van der Waals surface area (Å²) in [4.78, 5) is 20.8. The van der Waals surface area contributed by atoms with Crippen molar-refractivity contribution in [1.82, 2.24) is 25.1 Å². The van der Waals surface area contributed by atoms with E-state index >= 15 is 0 Å². The molecule has 0 bridgehead atoms. The number of hydrogen-bond donors (Lipinski definition) is 2. The Labute approximate surface area is 156 Å². The average molecular weight is 370 g/mol. The molecule has 8 heteroatoms. The van der Waals surface area contributed by atoms with E-state index in [0.717, 1.165) is 16.3 Å². The zero-order valence-corrected chi connectivity index (χ0v) is 15.7. The molecule has 2 N–H and O–H groups in total. The molecular weight excluding hydrogens is 348 g/mol. The fourth-order valence-electron chi connectivity index (χ4n) is 2.40. The molecule has 0 aliphatic rings.